The van der Waals surface area contributed by atoms with E-state index < -0.39 is 0 Å². The van der Waals surface area contributed by atoms with E-state index in [1.54, 1.807) is 0 Å². The molecule has 14 heavy (non-hydrogen) atoms. The summed E-state index contributed by atoms with van der Waals surface area (Å²) in [5.41, 5.74) is 1.22. The molecule has 0 amide bonds. The summed E-state index contributed by atoms with van der Waals surface area (Å²) in [6.07, 6.45) is 7.07. The van der Waals surface area contributed by atoms with E-state index >= 15 is 0 Å². The first-order valence-corrected chi connectivity index (χ1v) is 5.62. The summed E-state index contributed by atoms with van der Waals surface area (Å²) >= 11 is 0. The Balaban J connectivity index is 1.76. The number of hydrogen-bond donors (Lipinski definition) is 2. The second-order valence-electron chi connectivity index (χ2n) is 4.18. The van der Waals surface area contributed by atoms with E-state index in [1.807, 2.05) is 6.20 Å². The average Bonchev–Trinajstić information content (AvgIpc) is 2.87. The van der Waals surface area contributed by atoms with Crippen molar-refractivity contribution in [2.24, 2.45) is 5.92 Å². The number of H-pyrrole nitrogens is 1. The van der Waals surface area contributed by atoms with Crippen LogP contribution in [0.1, 0.15) is 37.7 Å². The predicted molar refractivity (Wildman–Crippen MR) is 57.0 cm³/mol. The number of aromatic amines is 1. The minimum absolute atomic E-state index is 0.914. The molecular weight excluding hydrogens is 174 g/mol. The lowest BCUT2D eigenvalue weighted by molar-refractivity contribution is 0.664. The van der Waals surface area contributed by atoms with Crippen LogP contribution in [0.5, 0.6) is 0 Å². The number of imidazole rings is 1. The van der Waals surface area contributed by atoms with E-state index in [1.165, 1.54) is 30.8 Å². The van der Waals surface area contributed by atoms with Crippen LogP contribution in [0.2, 0.25) is 0 Å². The Hall–Kier alpha value is -0.830. The van der Waals surface area contributed by atoms with Gasteiger partial charge < -0.3 is 10.3 Å². The van der Waals surface area contributed by atoms with Gasteiger partial charge in [-0.2, -0.15) is 0 Å². The topological polar surface area (TPSA) is 40.7 Å². The van der Waals surface area contributed by atoms with Gasteiger partial charge in [0.15, 0.2) is 0 Å². The number of hydrogen-bond acceptors (Lipinski definition) is 2. The van der Waals surface area contributed by atoms with Gasteiger partial charge in [0.05, 0.1) is 0 Å². The van der Waals surface area contributed by atoms with E-state index in [4.69, 9.17) is 0 Å². The van der Waals surface area contributed by atoms with Crippen molar-refractivity contribution < 1.29 is 0 Å². The Labute approximate surface area is 85.3 Å². The molecular formula is C11H19N3. The third-order valence-corrected chi connectivity index (χ3v) is 2.60. The second-order valence-corrected chi connectivity index (χ2v) is 4.18. The summed E-state index contributed by atoms with van der Waals surface area (Å²) in [5, 5.41) is 3.36. The van der Waals surface area contributed by atoms with Gasteiger partial charge in [0, 0.05) is 24.9 Å². The van der Waals surface area contributed by atoms with Gasteiger partial charge in [-0.15, -0.1) is 0 Å². The Morgan fingerprint density at radius 3 is 3.14 bits per heavy atom. The van der Waals surface area contributed by atoms with Crippen molar-refractivity contribution in [2.45, 2.75) is 39.2 Å². The summed E-state index contributed by atoms with van der Waals surface area (Å²) in [4.78, 5) is 7.75. The lowest BCUT2D eigenvalue weighted by Gasteiger charge is -1.99. The Bertz CT molecular complexity index is 276. The molecule has 0 unspecified atom stereocenters. The Kier molecular flexibility index (Phi) is 3.19. The van der Waals surface area contributed by atoms with Crippen LogP contribution in [-0.4, -0.2) is 16.5 Å². The third kappa shape index (κ3) is 2.84. The van der Waals surface area contributed by atoms with Gasteiger partial charge in [0.2, 0.25) is 0 Å². The molecule has 0 aromatic carbocycles. The highest BCUT2D eigenvalue weighted by molar-refractivity contribution is 5.02. The first-order chi connectivity index (χ1) is 6.88. The molecule has 0 spiro atoms. The maximum absolute atomic E-state index is 4.38. The molecule has 0 bridgehead atoms. The van der Waals surface area contributed by atoms with Gasteiger partial charge in [0.1, 0.15) is 5.82 Å². The minimum Gasteiger partial charge on any atom is -0.345 e. The molecule has 0 atom stereocenters. The average molecular weight is 193 g/mol. The van der Waals surface area contributed by atoms with Crippen LogP contribution >= 0.6 is 0 Å². The van der Waals surface area contributed by atoms with Crippen LogP contribution < -0.4 is 5.32 Å². The van der Waals surface area contributed by atoms with E-state index in [9.17, 15) is 0 Å². The number of nitrogens with one attached hydrogen (secondary N) is 2. The van der Waals surface area contributed by atoms with Crippen molar-refractivity contribution in [3.05, 3.63) is 17.7 Å². The molecule has 78 valence electrons. The minimum atomic E-state index is 0.914. The SMILES string of the molecule is CCCNCc1cnc(CC2CC2)[nH]1. The van der Waals surface area contributed by atoms with Crippen LogP contribution in [0.15, 0.2) is 6.20 Å². The van der Waals surface area contributed by atoms with Crippen LogP contribution in [0.25, 0.3) is 0 Å². The van der Waals surface area contributed by atoms with Crippen molar-refractivity contribution >= 4 is 0 Å². The molecule has 0 radical (unpaired) electrons. The summed E-state index contributed by atoms with van der Waals surface area (Å²) in [6.45, 7) is 4.18. The number of nitrogens with zero attached hydrogens (tertiary/aromatic N) is 1. The highest BCUT2D eigenvalue weighted by atomic mass is 15.0. The van der Waals surface area contributed by atoms with Crippen LogP contribution in [0.4, 0.5) is 0 Å². The smallest absolute Gasteiger partial charge is 0.106 e. The van der Waals surface area contributed by atoms with Crippen molar-refractivity contribution in [3.63, 3.8) is 0 Å². The quantitative estimate of drug-likeness (QED) is 0.677. The van der Waals surface area contributed by atoms with E-state index in [2.05, 4.69) is 22.2 Å². The van der Waals surface area contributed by atoms with Gasteiger partial charge in [-0.3, -0.25) is 0 Å². The maximum Gasteiger partial charge on any atom is 0.106 e. The monoisotopic (exact) mass is 193 g/mol. The van der Waals surface area contributed by atoms with Crippen molar-refractivity contribution in [3.8, 4) is 0 Å². The lowest BCUT2D eigenvalue weighted by atomic mass is 10.3. The van der Waals surface area contributed by atoms with Gasteiger partial charge >= 0.3 is 0 Å². The van der Waals surface area contributed by atoms with E-state index in [0.29, 0.717) is 0 Å². The van der Waals surface area contributed by atoms with Crippen LogP contribution in [-0.2, 0) is 13.0 Å². The molecule has 1 saturated carbocycles. The molecule has 1 aliphatic rings. The maximum atomic E-state index is 4.38. The molecule has 1 fully saturated rings. The van der Waals surface area contributed by atoms with Gasteiger partial charge in [-0.25, -0.2) is 4.98 Å². The fourth-order valence-corrected chi connectivity index (χ4v) is 1.59. The molecule has 1 heterocycles. The highest BCUT2D eigenvalue weighted by Gasteiger charge is 2.22. The Morgan fingerprint density at radius 2 is 2.43 bits per heavy atom. The molecule has 3 nitrogen and oxygen atoms in total. The van der Waals surface area contributed by atoms with Crippen LogP contribution in [0.3, 0.4) is 0 Å². The Morgan fingerprint density at radius 1 is 1.57 bits per heavy atom. The number of rotatable bonds is 6. The molecule has 2 rings (SSSR count). The van der Waals surface area contributed by atoms with E-state index in [-0.39, 0.29) is 0 Å². The van der Waals surface area contributed by atoms with Crippen LogP contribution in [0, 0.1) is 5.92 Å². The van der Waals surface area contributed by atoms with Crippen molar-refractivity contribution in [2.75, 3.05) is 6.54 Å². The molecule has 3 heteroatoms. The van der Waals surface area contributed by atoms with Crippen molar-refractivity contribution in [1.29, 1.82) is 0 Å². The number of aromatic nitrogens is 2. The zero-order valence-corrected chi connectivity index (χ0v) is 8.84. The van der Waals surface area contributed by atoms with Gasteiger partial charge in [0.25, 0.3) is 0 Å². The lowest BCUT2D eigenvalue weighted by Crippen LogP contribution is -2.13. The summed E-state index contributed by atoms with van der Waals surface area (Å²) < 4.78 is 0. The van der Waals surface area contributed by atoms with E-state index in [0.717, 1.165) is 25.4 Å². The molecule has 0 aliphatic heterocycles. The molecule has 0 saturated heterocycles. The second kappa shape index (κ2) is 4.60. The molecule has 2 N–H and O–H groups in total. The van der Waals surface area contributed by atoms with Gasteiger partial charge in [-0.1, -0.05) is 6.92 Å². The molecule has 1 aromatic heterocycles. The zero-order valence-electron chi connectivity index (χ0n) is 8.84. The molecule has 1 aliphatic carbocycles. The third-order valence-electron chi connectivity index (χ3n) is 2.60. The fourth-order valence-electron chi connectivity index (χ4n) is 1.59. The van der Waals surface area contributed by atoms with Gasteiger partial charge in [-0.05, 0) is 31.7 Å². The summed E-state index contributed by atoms with van der Waals surface area (Å²) in [7, 11) is 0. The normalized spacial score (nSPS) is 16.1. The largest absolute Gasteiger partial charge is 0.345 e. The first-order valence-electron chi connectivity index (χ1n) is 5.62. The fraction of sp³-hybridized carbons (Fsp3) is 0.727. The highest BCUT2D eigenvalue weighted by Crippen LogP contribution is 2.31. The first kappa shape index (κ1) is 9.71. The zero-order chi connectivity index (χ0) is 9.80. The van der Waals surface area contributed by atoms with Crippen molar-refractivity contribution in [1.82, 2.24) is 15.3 Å². The summed E-state index contributed by atoms with van der Waals surface area (Å²) in [6, 6.07) is 0. The standard InChI is InChI=1S/C11H19N3/c1-2-5-12-7-10-8-13-11(14-10)6-9-3-4-9/h8-9,12H,2-7H2,1H3,(H,13,14). The molecule has 1 aromatic rings. The summed E-state index contributed by atoms with van der Waals surface area (Å²) in [5.74, 6) is 2.08. The predicted octanol–water partition coefficient (Wildman–Crippen LogP) is 1.86.